The number of anilines is 1. The van der Waals surface area contributed by atoms with Crippen molar-refractivity contribution >= 4 is 11.6 Å². The van der Waals surface area contributed by atoms with E-state index in [-0.39, 0.29) is 5.91 Å². The Morgan fingerprint density at radius 1 is 1.27 bits per heavy atom. The molecule has 1 aromatic carbocycles. The van der Waals surface area contributed by atoms with Crippen molar-refractivity contribution in [3.63, 3.8) is 0 Å². The topological polar surface area (TPSA) is 50.4 Å². The second-order valence-electron chi connectivity index (χ2n) is 7.00. The molecule has 0 aliphatic carbocycles. The van der Waals surface area contributed by atoms with Crippen LogP contribution in [0.25, 0.3) is 0 Å². The molecule has 2 N–H and O–H groups in total. The molecular formula is C18H24N2O2. The normalized spacial score (nSPS) is 29.5. The molecule has 0 saturated carbocycles. The van der Waals surface area contributed by atoms with Crippen LogP contribution in [0.15, 0.2) is 18.2 Å². The fourth-order valence-corrected chi connectivity index (χ4v) is 4.25. The van der Waals surface area contributed by atoms with E-state index in [0.29, 0.717) is 24.4 Å². The summed E-state index contributed by atoms with van der Waals surface area (Å²) in [7, 11) is 0. The maximum absolute atomic E-state index is 12.3. The third-order valence-electron chi connectivity index (χ3n) is 5.24. The number of aryl methyl sites for hydroxylation is 1. The third kappa shape index (κ3) is 2.98. The molecule has 0 aromatic heterocycles. The van der Waals surface area contributed by atoms with E-state index in [1.807, 2.05) is 12.1 Å². The summed E-state index contributed by atoms with van der Waals surface area (Å²) in [6, 6.07) is 7.30. The summed E-state index contributed by atoms with van der Waals surface area (Å²) in [5.41, 5.74) is 2.12. The molecule has 118 valence electrons. The largest absolute Gasteiger partial charge is 0.493 e. The predicted molar refractivity (Wildman–Crippen MR) is 86.2 cm³/mol. The lowest BCUT2D eigenvalue weighted by molar-refractivity contribution is -0.117. The van der Waals surface area contributed by atoms with Gasteiger partial charge in [-0.15, -0.1) is 0 Å². The Morgan fingerprint density at radius 2 is 2.09 bits per heavy atom. The average molecular weight is 300 g/mol. The number of ether oxygens (including phenoxy) is 1. The van der Waals surface area contributed by atoms with Crippen LogP contribution in [-0.2, 0) is 11.2 Å². The number of nitrogens with one attached hydrogen (secondary N) is 2. The molecule has 2 atom stereocenters. The predicted octanol–water partition coefficient (Wildman–Crippen LogP) is 2.87. The molecule has 2 saturated heterocycles. The van der Waals surface area contributed by atoms with Crippen molar-refractivity contribution in [3.8, 4) is 5.75 Å². The van der Waals surface area contributed by atoms with Gasteiger partial charge < -0.3 is 15.4 Å². The SMILES string of the molecule is O=C(CC1CC2CCC(C1)N2)Nc1ccc2c(c1)CCCO2. The first kappa shape index (κ1) is 14.1. The van der Waals surface area contributed by atoms with Crippen molar-refractivity contribution in [1.82, 2.24) is 5.32 Å². The van der Waals surface area contributed by atoms with E-state index in [0.717, 1.165) is 43.7 Å². The number of carbonyl (C=O) groups is 1. The molecule has 0 radical (unpaired) electrons. The lowest BCUT2D eigenvalue weighted by Gasteiger charge is -2.28. The van der Waals surface area contributed by atoms with Gasteiger partial charge in [0.2, 0.25) is 5.91 Å². The minimum absolute atomic E-state index is 0.156. The minimum Gasteiger partial charge on any atom is -0.493 e. The number of hydrogen-bond acceptors (Lipinski definition) is 3. The molecule has 0 spiro atoms. The highest BCUT2D eigenvalue weighted by molar-refractivity contribution is 5.91. The lowest BCUT2D eigenvalue weighted by atomic mass is 9.89. The average Bonchev–Trinajstić information content (AvgIpc) is 2.86. The molecule has 22 heavy (non-hydrogen) atoms. The van der Waals surface area contributed by atoms with Gasteiger partial charge in [-0.1, -0.05) is 0 Å². The summed E-state index contributed by atoms with van der Waals surface area (Å²) < 4.78 is 5.62. The zero-order chi connectivity index (χ0) is 14.9. The Morgan fingerprint density at radius 3 is 2.91 bits per heavy atom. The Kier molecular flexibility index (Phi) is 3.78. The molecule has 2 unspecified atom stereocenters. The molecule has 1 amide bonds. The van der Waals surface area contributed by atoms with Crippen LogP contribution in [0.5, 0.6) is 5.75 Å². The van der Waals surface area contributed by atoms with E-state index in [4.69, 9.17) is 4.74 Å². The van der Waals surface area contributed by atoms with Gasteiger partial charge in [-0.2, -0.15) is 0 Å². The zero-order valence-electron chi connectivity index (χ0n) is 12.9. The third-order valence-corrected chi connectivity index (χ3v) is 5.24. The fraction of sp³-hybridized carbons (Fsp3) is 0.611. The van der Waals surface area contributed by atoms with Crippen molar-refractivity contribution in [2.45, 2.75) is 57.0 Å². The first-order chi connectivity index (χ1) is 10.8. The van der Waals surface area contributed by atoms with Gasteiger partial charge in [0, 0.05) is 24.2 Å². The summed E-state index contributed by atoms with van der Waals surface area (Å²) in [6.45, 7) is 0.802. The number of benzene rings is 1. The van der Waals surface area contributed by atoms with Crippen LogP contribution in [0.1, 0.15) is 44.1 Å². The maximum Gasteiger partial charge on any atom is 0.224 e. The highest BCUT2D eigenvalue weighted by Crippen LogP contribution is 2.33. The Hall–Kier alpha value is -1.55. The van der Waals surface area contributed by atoms with Gasteiger partial charge in [-0.05, 0) is 68.2 Å². The van der Waals surface area contributed by atoms with E-state index in [9.17, 15) is 4.79 Å². The highest BCUT2D eigenvalue weighted by Gasteiger charge is 2.34. The van der Waals surface area contributed by atoms with Crippen LogP contribution < -0.4 is 15.4 Å². The van der Waals surface area contributed by atoms with E-state index in [1.165, 1.54) is 18.4 Å². The molecule has 1 aromatic rings. The summed E-state index contributed by atoms with van der Waals surface area (Å²) in [5, 5.41) is 6.71. The van der Waals surface area contributed by atoms with Gasteiger partial charge in [-0.3, -0.25) is 4.79 Å². The molecule has 3 aliphatic rings. The van der Waals surface area contributed by atoms with Gasteiger partial charge in [0.25, 0.3) is 0 Å². The fourth-order valence-electron chi connectivity index (χ4n) is 4.25. The van der Waals surface area contributed by atoms with Gasteiger partial charge in [-0.25, -0.2) is 0 Å². The van der Waals surface area contributed by atoms with E-state index in [2.05, 4.69) is 16.7 Å². The number of piperidine rings is 1. The monoisotopic (exact) mass is 300 g/mol. The van der Waals surface area contributed by atoms with Gasteiger partial charge in [0.05, 0.1) is 6.61 Å². The van der Waals surface area contributed by atoms with Crippen molar-refractivity contribution in [2.24, 2.45) is 5.92 Å². The second-order valence-corrected chi connectivity index (χ2v) is 7.00. The first-order valence-electron chi connectivity index (χ1n) is 8.58. The molecule has 2 fully saturated rings. The summed E-state index contributed by atoms with van der Waals surface area (Å²) in [6.07, 6.45) is 7.63. The molecule has 3 aliphatic heterocycles. The van der Waals surface area contributed by atoms with Gasteiger partial charge >= 0.3 is 0 Å². The number of hydrogen-bond donors (Lipinski definition) is 2. The highest BCUT2D eigenvalue weighted by atomic mass is 16.5. The molecular weight excluding hydrogens is 276 g/mol. The van der Waals surface area contributed by atoms with E-state index in [1.54, 1.807) is 0 Å². The molecule has 4 nitrogen and oxygen atoms in total. The van der Waals surface area contributed by atoms with Crippen molar-refractivity contribution in [2.75, 3.05) is 11.9 Å². The van der Waals surface area contributed by atoms with Crippen LogP contribution in [-0.4, -0.2) is 24.6 Å². The lowest BCUT2D eigenvalue weighted by Crippen LogP contribution is -2.39. The van der Waals surface area contributed by atoms with Gasteiger partial charge in [0.1, 0.15) is 5.75 Å². The number of fused-ring (bicyclic) bond motifs is 3. The standard InChI is InChI=1S/C18H24N2O2/c21-18(10-12-8-14-3-4-15(9-12)19-14)20-16-5-6-17-13(11-16)2-1-7-22-17/h5-6,11-12,14-15,19H,1-4,7-10H2,(H,20,21). The summed E-state index contributed by atoms with van der Waals surface area (Å²) in [4.78, 5) is 12.3. The molecule has 3 heterocycles. The Labute approximate surface area is 131 Å². The Bertz CT molecular complexity index is 560. The van der Waals surface area contributed by atoms with Crippen LogP contribution in [0, 0.1) is 5.92 Å². The Balaban J connectivity index is 1.35. The smallest absolute Gasteiger partial charge is 0.224 e. The number of amides is 1. The molecule has 4 rings (SSSR count). The molecule has 4 heteroatoms. The number of rotatable bonds is 3. The zero-order valence-corrected chi connectivity index (χ0v) is 12.9. The number of carbonyl (C=O) groups excluding carboxylic acids is 1. The quantitative estimate of drug-likeness (QED) is 0.902. The molecule has 2 bridgehead atoms. The second kappa shape index (κ2) is 5.92. The van der Waals surface area contributed by atoms with Crippen LogP contribution in [0.2, 0.25) is 0 Å². The van der Waals surface area contributed by atoms with Crippen molar-refractivity contribution in [3.05, 3.63) is 23.8 Å². The van der Waals surface area contributed by atoms with Crippen LogP contribution in [0.4, 0.5) is 5.69 Å². The summed E-state index contributed by atoms with van der Waals surface area (Å²) in [5.74, 6) is 1.67. The van der Waals surface area contributed by atoms with Crippen LogP contribution >= 0.6 is 0 Å². The first-order valence-corrected chi connectivity index (χ1v) is 8.58. The van der Waals surface area contributed by atoms with E-state index < -0.39 is 0 Å². The van der Waals surface area contributed by atoms with E-state index >= 15 is 0 Å². The maximum atomic E-state index is 12.3. The van der Waals surface area contributed by atoms with Crippen molar-refractivity contribution < 1.29 is 9.53 Å². The minimum atomic E-state index is 0.156. The van der Waals surface area contributed by atoms with Gasteiger partial charge in [0.15, 0.2) is 0 Å². The summed E-state index contributed by atoms with van der Waals surface area (Å²) >= 11 is 0. The van der Waals surface area contributed by atoms with Crippen LogP contribution in [0.3, 0.4) is 0 Å². The van der Waals surface area contributed by atoms with Crippen molar-refractivity contribution in [1.29, 1.82) is 0 Å².